The summed E-state index contributed by atoms with van der Waals surface area (Å²) >= 11 is 0. The van der Waals surface area contributed by atoms with E-state index in [9.17, 15) is 5.11 Å². The Bertz CT molecular complexity index is 246. The van der Waals surface area contributed by atoms with Gasteiger partial charge in [-0.25, -0.2) is 0 Å². The molecule has 0 radical (unpaired) electrons. The van der Waals surface area contributed by atoms with Gasteiger partial charge in [0.2, 0.25) is 0 Å². The molecule has 0 saturated carbocycles. The molecule has 1 aromatic carbocycles. The second-order valence-electron chi connectivity index (χ2n) is 2.84. The SMILES string of the molecule is OCC(O)(CO)Nc1ccccc1. The number of aliphatic hydroxyl groups excluding tert-OH is 2. The molecule has 72 valence electrons. The monoisotopic (exact) mass is 183 g/mol. The van der Waals surface area contributed by atoms with Crippen LogP contribution in [0.1, 0.15) is 0 Å². The second-order valence-corrected chi connectivity index (χ2v) is 2.84. The molecule has 0 aliphatic rings. The number of anilines is 1. The van der Waals surface area contributed by atoms with Gasteiger partial charge in [-0.05, 0) is 12.1 Å². The molecule has 0 unspecified atom stereocenters. The van der Waals surface area contributed by atoms with Crippen LogP contribution >= 0.6 is 0 Å². The van der Waals surface area contributed by atoms with Gasteiger partial charge in [-0.3, -0.25) is 0 Å². The van der Waals surface area contributed by atoms with E-state index in [1.807, 2.05) is 6.07 Å². The first-order chi connectivity index (χ1) is 6.20. The molecule has 0 bridgehead atoms. The van der Waals surface area contributed by atoms with E-state index in [0.29, 0.717) is 5.69 Å². The van der Waals surface area contributed by atoms with Crippen LogP contribution in [0.2, 0.25) is 0 Å². The van der Waals surface area contributed by atoms with E-state index in [1.165, 1.54) is 0 Å². The van der Waals surface area contributed by atoms with Crippen molar-refractivity contribution in [1.29, 1.82) is 0 Å². The molecule has 4 N–H and O–H groups in total. The first-order valence-corrected chi connectivity index (χ1v) is 3.97. The summed E-state index contributed by atoms with van der Waals surface area (Å²) in [6.07, 6.45) is 0. The number of aliphatic hydroxyl groups is 3. The molecule has 0 saturated heterocycles. The normalized spacial score (nSPS) is 11.3. The molecule has 0 heterocycles. The Morgan fingerprint density at radius 3 is 2.08 bits per heavy atom. The first kappa shape index (κ1) is 9.98. The maximum absolute atomic E-state index is 9.47. The van der Waals surface area contributed by atoms with Crippen molar-refractivity contribution in [3.05, 3.63) is 30.3 Å². The van der Waals surface area contributed by atoms with Crippen molar-refractivity contribution < 1.29 is 15.3 Å². The molecule has 0 amide bonds. The molecule has 1 rings (SSSR count). The summed E-state index contributed by atoms with van der Waals surface area (Å²) in [4.78, 5) is 0. The summed E-state index contributed by atoms with van der Waals surface area (Å²) in [5.41, 5.74) is -1.01. The Morgan fingerprint density at radius 2 is 1.62 bits per heavy atom. The smallest absolute Gasteiger partial charge is 0.182 e. The first-order valence-electron chi connectivity index (χ1n) is 3.97. The van der Waals surface area contributed by atoms with Gasteiger partial charge in [0.25, 0.3) is 0 Å². The Kier molecular flexibility index (Phi) is 3.25. The lowest BCUT2D eigenvalue weighted by Gasteiger charge is -2.25. The fourth-order valence-corrected chi connectivity index (χ4v) is 0.919. The van der Waals surface area contributed by atoms with Crippen molar-refractivity contribution >= 4 is 5.69 Å². The van der Waals surface area contributed by atoms with Gasteiger partial charge < -0.3 is 20.6 Å². The summed E-state index contributed by atoms with van der Waals surface area (Å²) < 4.78 is 0. The van der Waals surface area contributed by atoms with Crippen LogP contribution in [0.4, 0.5) is 5.69 Å². The van der Waals surface area contributed by atoms with Crippen LogP contribution in [0.3, 0.4) is 0 Å². The van der Waals surface area contributed by atoms with E-state index in [1.54, 1.807) is 24.3 Å². The summed E-state index contributed by atoms with van der Waals surface area (Å²) in [5, 5.41) is 29.6. The van der Waals surface area contributed by atoms with Crippen LogP contribution in [-0.4, -0.2) is 34.3 Å². The van der Waals surface area contributed by atoms with E-state index in [-0.39, 0.29) is 0 Å². The van der Waals surface area contributed by atoms with E-state index in [4.69, 9.17) is 10.2 Å². The minimum atomic E-state index is -1.65. The van der Waals surface area contributed by atoms with Crippen LogP contribution in [0.15, 0.2) is 30.3 Å². The molecule has 0 aliphatic heterocycles. The number of benzene rings is 1. The molecule has 0 fully saturated rings. The highest BCUT2D eigenvalue weighted by atomic mass is 16.4. The molecule has 0 aromatic heterocycles. The van der Waals surface area contributed by atoms with Gasteiger partial charge in [-0.15, -0.1) is 0 Å². The van der Waals surface area contributed by atoms with Crippen molar-refractivity contribution in [2.75, 3.05) is 18.5 Å². The lowest BCUT2D eigenvalue weighted by Crippen LogP contribution is -2.45. The second kappa shape index (κ2) is 4.23. The Morgan fingerprint density at radius 1 is 1.08 bits per heavy atom. The largest absolute Gasteiger partial charge is 0.391 e. The third-order valence-electron chi connectivity index (χ3n) is 1.67. The van der Waals surface area contributed by atoms with Gasteiger partial charge in [0.05, 0.1) is 13.2 Å². The molecule has 0 aliphatic carbocycles. The third-order valence-corrected chi connectivity index (χ3v) is 1.67. The Balaban J connectivity index is 2.68. The predicted octanol–water partition coefficient (Wildman–Crippen LogP) is -0.228. The fourth-order valence-electron chi connectivity index (χ4n) is 0.919. The molecule has 0 spiro atoms. The summed E-state index contributed by atoms with van der Waals surface area (Å²) in [7, 11) is 0. The van der Waals surface area contributed by atoms with Crippen LogP contribution in [0.5, 0.6) is 0 Å². The van der Waals surface area contributed by atoms with Gasteiger partial charge in [-0.2, -0.15) is 0 Å². The van der Waals surface area contributed by atoms with Crippen molar-refractivity contribution in [3.63, 3.8) is 0 Å². The van der Waals surface area contributed by atoms with Gasteiger partial charge in [0.15, 0.2) is 5.72 Å². The Hall–Kier alpha value is -1.10. The highest BCUT2D eigenvalue weighted by Gasteiger charge is 2.23. The zero-order valence-electron chi connectivity index (χ0n) is 7.14. The summed E-state index contributed by atoms with van der Waals surface area (Å²) in [6.45, 7) is -1.09. The molecule has 4 nitrogen and oxygen atoms in total. The van der Waals surface area contributed by atoms with Crippen molar-refractivity contribution in [2.45, 2.75) is 5.72 Å². The minimum absolute atomic E-state index is 0.543. The quantitative estimate of drug-likeness (QED) is 0.487. The molecule has 1 aromatic rings. The third kappa shape index (κ3) is 2.69. The number of hydrogen-bond acceptors (Lipinski definition) is 4. The van der Waals surface area contributed by atoms with E-state index in [2.05, 4.69) is 5.32 Å². The van der Waals surface area contributed by atoms with Gasteiger partial charge >= 0.3 is 0 Å². The van der Waals surface area contributed by atoms with Crippen LogP contribution in [0, 0.1) is 0 Å². The predicted molar refractivity (Wildman–Crippen MR) is 49.2 cm³/mol. The zero-order valence-corrected chi connectivity index (χ0v) is 7.14. The van der Waals surface area contributed by atoms with Gasteiger partial charge in [0, 0.05) is 5.69 Å². The fraction of sp³-hybridized carbons (Fsp3) is 0.333. The molecule has 4 heteroatoms. The topological polar surface area (TPSA) is 72.7 Å². The molecular formula is C9H13NO3. The van der Waals surface area contributed by atoms with Gasteiger partial charge in [0.1, 0.15) is 0 Å². The number of rotatable bonds is 4. The van der Waals surface area contributed by atoms with Crippen molar-refractivity contribution in [1.82, 2.24) is 0 Å². The average Bonchev–Trinajstić information content (AvgIpc) is 2.19. The number of hydrogen-bond donors (Lipinski definition) is 4. The highest BCUT2D eigenvalue weighted by Crippen LogP contribution is 2.11. The number of nitrogens with one attached hydrogen (secondary N) is 1. The van der Waals surface area contributed by atoms with E-state index in [0.717, 1.165) is 0 Å². The maximum Gasteiger partial charge on any atom is 0.182 e. The maximum atomic E-state index is 9.47. The average molecular weight is 183 g/mol. The van der Waals surface area contributed by atoms with Crippen LogP contribution in [0.25, 0.3) is 0 Å². The van der Waals surface area contributed by atoms with Crippen molar-refractivity contribution in [2.24, 2.45) is 0 Å². The van der Waals surface area contributed by atoms with E-state index >= 15 is 0 Å². The summed E-state index contributed by atoms with van der Waals surface area (Å²) in [6, 6.07) is 8.88. The molecule has 13 heavy (non-hydrogen) atoms. The van der Waals surface area contributed by atoms with Crippen LogP contribution < -0.4 is 5.32 Å². The van der Waals surface area contributed by atoms with Crippen LogP contribution in [-0.2, 0) is 0 Å². The van der Waals surface area contributed by atoms with Crippen molar-refractivity contribution in [3.8, 4) is 0 Å². The minimum Gasteiger partial charge on any atom is -0.391 e. The zero-order chi connectivity index (χ0) is 9.73. The highest BCUT2D eigenvalue weighted by molar-refractivity contribution is 5.44. The van der Waals surface area contributed by atoms with Gasteiger partial charge in [-0.1, -0.05) is 18.2 Å². The Labute approximate surface area is 76.5 Å². The standard InChI is InChI=1S/C9H13NO3/c11-6-9(13,7-12)10-8-4-2-1-3-5-8/h1-5,10-13H,6-7H2. The number of para-hydroxylation sites is 1. The lowest BCUT2D eigenvalue weighted by molar-refractivity contribution is -0.0324. The molecule has 0 atom stereocenters. The summed E-state index contributed by atoms with van der Waals surface area (Å²) in [5.74, 6) is 0. The molecular weight excluding hydrogens is 170 g/mol. The van der Waals surface area contributed by atoms with E-state index < -0.39 is 18.9 Å². The lowest BCUT2D eigenvalue weighted by atomic mass is 10.2.